The van der Waals surface area contributed by atoms with E-state index in [4.69, 9.17) is 11.6 Å². The lowest BCUT2D eigenvalue weighted by molar-refractivity contribution is 0.0854. The third-order valence-corrected chi connectivity index (χ3v) is 3.42. The number of aryl methyl sites for hydroxylation is 1. The molecule has 0 spiro atoms. The van der Waals surface area contributed by atoms with Crippen LogP contribution < -0.4 is 5.32 Å². The average Bonchev–Trinajstić information content (AvgIpc) is 2.58. The van der Waals surface area contributed by atoms with Gasteiger partial charge in [0.15, 0.2) is 0 Å². The van der Waals surface area contributed by atoms with Gasteiger partial charge in [-0.15, -0.1) is 11.6 Å². The minimum absolute atomic E-state index is 0.0801. The van der Waals surface area contributed by atoms with Crippen molar-refractivity contribution in [3.8, 4) is 0 Å². The maximum atomic E-state index is 11.8. The van der Waals surface area contributed by atoms with Gasteiger partial charge in [0.05, 0.1) is 17.3 Å². The predicted octanol–water partition coefficient (Wildman–Crippen LogP) is 1.31. The molecule has 1 aliphatic carbocycles. The molecule has 0 saturated heterocycles. The third-order valence-electron chi connectivity index (χ3n) is 2.91. The van der Waals surface area contributed by atoms with Crippen molar-refractivity contribution in [2.45, 2.75) is 24.8 Å². The van der Waals surface area contributed by atoms with Crippen molar-refractivity contribution in [1.29, 1.82) is 0 Å². The van der Waals surface area contributed by atoms with E-state index in [0.29, 0.717) is 11.4 Å². The summed E-state index contributed by atoms with van der Waals surface area (Å²) in [6.45, 7) is 0. The van der Waals surface area contributed by atoms with E-state index in [1.807, 2.05) is 0 Å². The molecule has 1 aromatic rings. The summed E-state index contributed by atoms with van der Waals surface area (Å²) in [5.74, 6) is 0.405. The molecule has 1 saturated carbocycles. The molecule has 4 nitrogen and oxygen atoms in total. The van der Waals surface area contributed by atoms with Gasteiger partial charge in [0.2, 0.25) is 0 Å². The Morgan fingerprint density at radius 1 is 1.73 bits per heavy atom. The number of nitrogens with zero attached hydrogens (tertiary/aromatic N) is 2. The summed E-state index contributed by atoms with van der Waals surface area (Å²) < 4.78 is 1.61. The van der Waals surface area contributed by atoms with Crippen LogP contribution in [0.3, 0.4) is 0 Å². The van der Waals surface area contributed by atoms with E-state index in [-0.39, 0.29) is 11.4 Å². The number of rotatable bonds is 3. The molecule has 15 heavy (non-hydrogen) atoms. The monoisotopic (exact) mass is 227 g/mol. The lowest BCUT2D eigenvalue weighted by Crippen LogP contribution is -2.54. The highest BCUT2D eigenvalue weighted by Crippen LogP contribution is 2.33. The van der Waals surface area contributed by atoms with Gasteiger partial charge in [-0.2, -0.15) is 5.10 Å². The molecule has 0 unspecified atom stereocenters. The molecular formula is C10H14ClN3O. The molecule has 0 aliphatic heterocycles. The minimum atomic E-state index is -0.172. The van der Waals surface area contributed by atoms with Crippen LogP contribution in [0.4, 0.5) is 0 Å². The molecule has 82 valence electrons. The van der Waals surface area contributed by atoms with Crippen LogP contribution >= 0.6 is 11.6 Å². The molecular weight excluding hydrogens is 214 g/mol. The first kappa shape index (κ1) is 10.5. The fourth-order valence-electron chi connectivity index (χ4n) is 1.75. The summed E-state index contributed by atoms with van der Waals surface area (Å²) in [4.78, 5) is 11.8. The van der Waals surface area contributed by atoms with Gasteiger partial charge in [0.25, 0.3) is 5.91 Å². The Balaban J connectivity index is 2.03. The van der Waals surface area contributed by atoms with Crippen LogP contribution in [0.25, 0.3) is 0 Å². The zero-order chi connectivity index (χ0) is 10.9. The van der Waals surface area contributed by atoms with Crippen LogP contribution in [0.2, 0.25) is 0 Å². The first-order valence-corrected chi connectivity index (χ1v) is 5.56. The molecule has 1 aromatic heterocycles. The molecule has 0 atom stereocenters. The van der Waals surface area contributed by atoms with Crippen LogP contribution in [0.15, 0.2) is 12.4 Å². The Hall–Kier alpha value is -1.03. The fourth-order valence-corrected chi connectivity index (χ4v) is 2.08. The number of amides is 1. The number of carbonyl (C=O) groups excluding carboxylic acids is 1. The number of carbonyl (C=O) groups is 1. The first-order valence-electron chi connectivity index (χ1n) is 5.02. The molecule has 1 heterocycles. The van der Waals surface area contributed by atoms with Gasteiger partial charge in [0.1, 0.15) is 0 Å². The quantitative estimate of drug-likeness (QED) is 0.792. The van der Waals surface area contributed by atoms with Gasteiger partial charge in [0, 0.05) is 19.1 Å². The minimum Gasteiger partial charge on any atom is -0.345 e. The van der Waals surface area contributed by atoms with Gasteiger partial charge in [-0.3, -0.25) is 9.48 Å². The smallest absolute Gasteiger partial charge is 0.254 e. The lowest BCUT2D eigenvalue weighted by atomic mass is 9.78. The zero-order valence-electron chi connectivity index (χ0n) is 8.66. The van der Waals surface area contributed by atoms with E-state index in [9.17, 15) is 4.79 Å². The number of hydrogen-bond acceptors (Lipinski definition) is 2. The summed E-state index contributed by atoms with van der Waals surface area (Å²) in [6.07, 6.45) is 6.36. The summed E-state index contributed by atoms with van der Waals surface area (Å²) in [7, 11) is 1.79. The molecule has 1 aliphatic rings. The van der Waals surface area contributed by atoms with Crippen molar-refractivity contribution in [3.05, 3.63) is 18.0 Å². The number of nitrogens with one attached hydrogen (secondary N) is 1. The Morgan fingerprint density at radius 2 is 2.47 bits per heavy atom. The lowest BCUT2D eigenvalue weighted by Gasteiger charge is -2.40. The number of alkyl halides is 1. The van der Waals surface area contributed by atoms with Crippen molar-refractivity contribution < 1.29 is 4.79 Å². The number of hydrogen-bond donors (Lipinski definition) is 1. The first-order chi connectivity index (χ1) is 7.15. The SMILES string of the molecule is Cn1cc(C(=O)NC2(CCl)CCC2)cn1. The van der Waals surface area contributed by atoms with Gasteiger partial charge < -0.3 is 5.32 Å². The third kappa shape index (κ3) is 2.00. The highest BCUT2D eigenvalue weighted by Gasteiger charge is 2.37. The molecule has 1 amide bonds. The molecule has 0 radical (unpaired) electrons. The Kier molecular flexibility index (Phi) is 2.69. The normalized spacial score (nSPS) is 18.3. The van der Waals surface area contributed by atoms with Crippen molar-refractivity contribution in [1.82, 2.24) is 15.1 Å². The summed E-state index contributed by atoms with van der Waals surface area (Å²) in [5, 5.41) is 6.95. The van der Waals surface area contributed by atoms with Crippen molar-refractivity contribution in [3.63, 3.8) is 0 Å². The summed E-state index contributed by atoms with van der Waals surface area (Å²) >= 11 is 5.86. The van der Waals surface area contributed by atoms with Crippen LogP contribution in [0.1, 0.15) is 29.6 Å². The fraction of sp³-hybridized carbons (Fsp3) is 0.600. The van der Waals surface area contributed by atoms with E-state index in [1.54, 1.807) is 24.1 Å². The van der Waals surface area contributed by atoms with Crippen LogP contribution in [0.5, 0.6) is 0 Å². The highest BCUT2D eigenvalue weighted by molar-refractivity contribution is 6.19. The maximum absolute atomic E-state index is 11.8. The molecule has 0 bridgehead atoms. The second-order valence-electron chi connectivity index (χ2n) is 4.12. The van der Waals surface area contributed by atoms with E-state index in [2.05, 4.69) is 10.4 Å². The summed E-state index contributed by atoms with van der Waals surface area (Å²) in [5.41, 5.74) is 0.419. The Morgan fingerprint density at radius 3 is 2.87 bits per heavy atom. The molecule has 1 fully saturated rings. The topological polar surface area (TPSA) is 46.9 Å². The van der Waals surface area contributed by atoms with Gasteiger partial charge in [-0.25, -0.2) is 0 Å². The maximum Gasteiger partial charge on any atom is 0.254 e. The van der Waals surface area contributed by atoms with E-state index in [1.165, 1.54) is 0 Å². The van der Waals surface area contributed by atoms with Crippen LogP contribution in [-0.4, -0.2) is 27.1 Å². The Labute approximate surface area is 93.6 Å². The second kappa shape index (κ2) is 3.85. The second-order valence-corrected chi connectivity index (χ2v) is 4.39. The van der Waals surface area contributed by atoms with E-state index >= 15 is 0 Å². The Bertz CT molecular complexity index is 365. The van der Waals surface area contributed by atoms with Crippen molar-refractivity contribution in [2.24, 2.45) is 7.05 Å². The van der Waals surface area contributed by atoms with Gasteiger partial charge >= 0.3 is 0 Å². The van der Waals surface area contributed by atoms with E-state index < -0.39 is 0 Å². The molecule has 2 rings (SSSR count). The highest BCUT2D eigenvalue weighted by atomic mass is 35.5. The number of halogens is 1. The largest absolute Gasteiger partial charge is 0.345 e. The van der Waals surface area contributed by atoms with Crippen LogP contribution in [-0.2, 0) is 7.05 Å². The van der Waals surface area contributed by atoms with Gasteiger partial charge in [-0.05, 0) is 19.3 Å². The standard InChI is InChI=1S/C10H14ClN3O/c1-14-6-8(5-12-14)9(15)13-10(7-11)3-2-4-10/h5-6H,2-4,7H2,1H3,(H,13,15). The zero-order valence-corrected chi connectivity index (χ0v) is 9.42. The molecule has 1 N–H and O–H groups in total. The van der Waals surface area contributed by atoms with Gasteiger partial charge in [-0.1, -0.05) is 0 Å². The van der Waals surface area contributed by atoms with Crippen molar-refractivity contribution in [2.75, 3.05) is 5.88 Å². The molecule has 0 aromatic carbocycles. The molecule has 5 heteroatoms. The number of aromatic nitrogens is 2. The summed E-state index contributed by atoms with van der Waals surface area (Å²) in [6, 6.07) is 0. The average molecular weight is 228 g/mol. The predicted molar refractivity (Wildman–Crippen MR) is 58.0 cm³/mol. The van der Waals surface area contributed by atoms with Crippen LogP contribution in [0, 0.1) is 0 Å². The van der Waals surface area contributed by atoms with Crippen molar-refractivity contribution >= 4 is 17.5 Å². The van der Waals surface area contributed by atoms with E-state index in [0.717, 1.165) is 19.3 Å².